The van der Waals surface area contributed by atoms with Crippen molar-refractivity contribution in [2.45, 2.75) is 11.9 Å². The average Bonchev–Trinajstić information content (AvgIpc) is 2.87. The molecule has 0 amide bonds. The van der Waals surface area contributed by atoms with E-state index in [1.54, 1.807) is 7.11 Å². The van der Waals surface area contributed by atoms with Crippen molar-refractivity contribution in [2.24, 2.45) is 0 Å². The molecule has 0 unspecified atom stereocenters. The maximum absolute atomic E-state index is 12.8. The molecule has 1 heterocycles. The summed E-state index contributed by atoms with van der Waals surface area (Å²) < 4.78 is 5.27. The Balaban J connectivity index is 1.75. The molecule has 162 valence electrons. The molecule has 4 aromatic rings. The normalized spacial score (nSPS) is 10.5. The van der Waals surface area contributed by atoms with Crippen LogP contribution in [0.3, 0.4) is 0 Å². The second kappa shape index (κ2) is 10.2. The topological polar surface area (TPSA) is 63.0 Å². The number of carbonyl (C=O) groups excluding carboxylic acids is 1. The molecule has 0 N–H and O–H groups in total. The minimum Gasteiger partial charge on any atom is -0.497 e. The zero-order valence-electron chi connectivity index (χ0n) is 18.4. The lowest BCUT2D eigenvalue weighted by atomic mass is 9.99. The number of carbonyl (C=O) groups is 1. The van der Waals surface area contributed by atoms with Gasteiger partial charge in [0.15, 0.2) is 5.78 Å². The monoisotopic (exact) mass is 450 g/mol. The van der Waals surface area contributed by atoms with Gasteiger partial charge in [-0.05, 0) is 30.7 Å². The second-order valence-electron chi connectivity index (χ2n) is 7.52. The molecule has 0 bridgehead atoms. The molecular formula is C28H22N2O2S. The van der Waals surface area contributed by atoms with E-state index in [9.17, 15) is 10.1 Å². The Labute approximate surface area is 197 Å². The van der Waals surface area contributed by atoms with Crippen molar-refractivity contribution in [2.75, 3.05) is 12.9 Å². The summed E-state index contributed by atoms with van der Waals surface area (Å²) in [5, 5.41) is 10.6. The highest BCUT2D eigenvalue weighted by Crippen LogP contribution is 2.35. The SMILES string of the molecule is COc1ccc(-c2cc(-c3ccccc3)nc(SCC(=O)c3ccc(C)cc3)c2C#N)cc1. The Morgan fingerprint density at radius 3 is 2.30 bits per heavy atom. The molecule has 0 radical (unpaired) electrons. The molecule has 1 aromatic heterocycles. The van der Waals surface area contributed by atoms with E-state index in [2.05, 4.69) is 6.07 Å². The number of nitriles is 1. The zero-order chi connectivity index (χ0) is 23.2. The molecule has 4 rings (SSSR count). The number of ketones is 1. The first-order valence-corrected chi connectivity index (χ1v) is 11.5. The van der Waals surface area contributed by atoms with Gasteiger partial charge in [-0.1, -0.05) is 84.1 Å². The van der Waals surface area contributed by atoms with Crippen LogP contribution in [-0.2, 0) is 0 Å². The van der Waals surface area contributed by atoms with Gasteiger partial charge in [-0.15, -0.1) is 0 Å². The predicted molar refractivity (Wildman–Crippen MR) is 133 cm³/mol. The number of methoxy groups -OCH3 is 1. The number of thioether (sulfide) groups is 1. The highest BCUT2D eigenvalue weighted by atomic mass is 32.2. The zero-order valence-corrected chi connectivity index (χ0v) is 19.2. The summed E-state index contributed by atoms with van der Waals surface area (Å²) in [5.41, 5.74) is 5.59. The highest BCUT2D eigenvalue weighted by Gasteiger charge is 2.17. The van der Waals surface area contributed by atoms with E-state index >= 15 is 0 Å². The molecule has 0 fully saturated rings. The summed E-state index contributed by atoms with van der Waals surface area (Å²) in [6.07, 6.45) is 0. The van der Waals surface area contributed by atoms with Crippen LogP contribution < -0.4 is 4.74 Å². The number of aryl methyl sites for hydroxylation is 1. The molecule has 5 heteroatoms. The van der Waals surface area contributed by atoms with Gasteiger partial charge >= 0.3 is 0 Å². The fourth-order valence-corrected chi connectivity index (χ4v) is 4.34. The van der Waals surface area contributed by atoms with E-state index in [4.69, 9.17) is 9.72 Å². The van der Waals surface area contributed by atoms with E-state index in [1.165, 1.54) is 11.8 Å². The molecule has 0 spiro atoms. The van der Waals surface area contributed by atoms with Gasteiger partial charge in [0.2, 0.25) is 0 Å². The third-order valence-corrected chi connectivity index (χ3v) is 6.26. The van der Waals surface area contributed by atoms with Gasteiger partial charge < -0.3 is 4.74 Å². The van der Waals surface area contributed by atoms with Crippen LogP contribution in [0.15, 0.2) is 90.0 Å². The lowest BCUT2D eigenvalue weighted by Gasteiger charge is -2.13. The maximum Gasteiger partial charge on any atom is 0.173 e. The van der Waals surface area contributed by atoms with E-state index in [-0.39, 0.29) is 11.5 Å². The largest absolute Gasteiger partial charge is 0.497 e. The molecule has 4 nitrogen and oxygen atoms in total. The Morgan fingerprint density at radius 2 is 1.67 bits per heavy atom. The molecule has 0 aliphatic heterocycles. The van der Waals surface area contributed by atoms with Crippen LogP contribution in [0.2, 0.25) is 0 Å². The van der Waals surface area contributed by atoms with Crippen molar-refractivity contribution < 1.29 is 9.53 Å². The number of nitrogens with zero attached hydrogens (tertiary/aromatic N) is 2. The standard InChI is InChI=1S/C28H22N2O2S/c1-19-8-10-22(11-9-19)27(31)18-33-28-25(17-29)24(20-12-14-23(32-2)15-13-20)16-26(30-28)21-6-4-3-5-7-21/h3-16H,18H2,1-2H3. The molecule has 0 aliphatic rings. The quantitative estimate of drug-likeness (QED) is 0.235. The molecule has 0 aliphatic carbocycles. The fourth-order valence-electron chi connectivity index (χ4n) is 3.45. The van der Waals surface area contributed by atoms with Crippen LogP contribution in [0.1, 0.15) is 21.5 Å². The van der Waals surface area contributed by atoms with Gasteiger partial charge in [0, 0.05) is 16.7 Å². The second-order valence-corrected chi connectivity index (χ2v) is 8.48. The van der Waals surface area contributed by atoms with Crippen molar-refractivity contribution in [3.63, 3.8) is 0 Å². The molecule has 3 aromatic carbocycles. The third-order valence-electron chi connectivity index (χ3n) is 5.28. The first kappa shape index (κ1) is 22.3. The number of ether oxygens (including phenoxy) is 1. The average molecular weight is 451 g/mol. The van der Waals surface area contributed by atoms with Crippen LogP contribution in [0.25, 0.3) is 22.4 Å². The van der Waals surface area contributed by atoms with Gasteiger partial charge in [-0.3, -0.25) is 4.79 Å². The number of benzene rings is 3. The first-order valence-electron chi connectivity index (χ1n) is 10.5. The van der Waals surface area contributed by atoms with Crippen LogP contribution in [0, 0.1) is 18.3 Å². The van der Waals surface area contributed by atoms with Gasteiger partial charge in [0.05, 0.1) is 24.1 Å². The van der Waals surface area contributed by atoms with Crippen LogP contribution >= 0.6 is 11.8 Å². The van der Waals surface area contributed by atoms with Crippen LogP contribution in [-0.4, -0.2) is 23.6 Å². The molecule has 0 atom stereocenters. The number of pyridine rings is 1. The number of rotatable bonds is 7. The maximum atomic E-state index is 12.8. The van der Waals surface area contributed by atoms with Crippen molar-refractivity contribution in [1.29, 1.82) is 5.26 Å². The van der Waals surface area contributed by atoms with Gasteiger partial charge in [-0.25, -0.2) is 4.98 Å². The fraction of sp³-hybridized carbons (Fsp3) is 0.107. The third kappa shape index (κ3) is 5.14. The Hall–Kier alpha value is -3.88. The minimum atomic E-state index is 0.00167. The summed E-state index contributed by atoms with van der Waals surface area (Å²) >= 11 is 1.30. The summed E-state index contributed by atoms with van der Waals surface area (Å²) in [7, 11) is 1.62. The van der Waals surface area contributed by atoms with Crippen LogP contribution in [0.5, 0.6) is 5.75 Å². The minimum absolute atomic E-state index is 0.00167. The highest BCUT2D eigenvalue weighted by molar-refractivity contribution is 8.00. The smallest absolute Gasteiger partial charge is 0.173 e. The summed E-state index contributed by atoms with van der Waals surface area (Å²) in [6, 6.07) is 29.2. The Kier molecular flexibility index (Phi) is 6.87. The molecule has 0 saturated carbocycles. The van der Waals surface area contributed by atoms with Gasteiger partial charge in [0.1, 0.15) is 16.8 Å². The van der Waals surface area contributed by atoms with Crippen molar-refractivity contribution in [3.8, 4) is 34.2 Å². The van der Waals surface area contributed by atoms with Crippen molar-refractivity contribution in [3.05, 3.63) is 102 Å². The van der Waals surface area contributed by atoms with Crippen molar-refractivity contribution >= 4 is 17.5 Å². The lowest BCUT2D eigenvalue weighted by Crippen LogP contribution is -2.04. The predicted octanol–water partition coefficient (Wildman–Crippen LogP) is 6.58. The van der Waals surface area contributed by atoms with E-state index in [0.717, 1.165) is 33.7 Å². The molecule has 0 saturated heterocycles. The van der Waals surface area contributed by atoms with E-state index < -0.39 is 0 Å². The van der Waals surface area contributed by atoms with Gasteiger partial charge in [-0.2, -0.15) is 5.26 Å². The summed E-state index contributed by atoms with van der Waals surface area (Å²) in [6.45, 7) is 1.99. The number of hydrogen-bond acceptors (Lipinski definition) is 5. The van der Waals surface area contributed by atoms with Crippen molar-refractivity contribution in [1.82, 2.24) is 4.98 Å². The number of Topliss-reactive ketones (excluding diaryl/α,β-unsaturated/α-hetero) is 1. The number of aromatic nitrogens is 1. The summed E-state index contributed by atoms with van der Waals surface area (Å²) in [5.74, 6) is 0.945. The first-order chi connectivity index (χ1) is 16.1. The molecular weight excluding hydrogens is 428 g/mol. The van der Waals surface area contributed by atoms with E-state index in [0.29, 0.717) is 16.2 Å². The number of hydrogen-bond donors (Lipinski definition) is 0. The summed E-state index contributed by atoms with van der Waals surface area (Å²) in [4.78, 5) is 17.5. The van der Waals surface area contributed by atoms with Crippen LogP contribution in [0.4, 0.5) is 0 Å². The van der Waals surface area contributed by atoms with E-state index in [1.807, 2.05) is 91.9 Å². The Bertz CT molecular complexity index is 1310. The van der Waals surface area contributed by atoms with Gasteiger partial charge in [0.25, 0.3) is 0 Å². The molecule has 33 heavy (non-hydrogen) atoms. The Morgan fingerprint density at radius 1 is 0.970 bits per heavy atom. The lowest BCUT2D eigenvalue weighted by molar-refractivity contribution is 0.102.